The van der Waals surface area contributed by atoms with Crippen LogP contribution in [0.15, 0.2) is 36.4 Å². The molecule has 1 atom stereocenters. The predicted octanol–water partition coefficient (Wildman–Crippen LogP) is 2.82. The molecule has 0 bridgehead atoms. The summed E-state index contributed by atoms with van der Waals surface area (Å²) in [6, 6.07) is 10.7. The number of ether oxygens (including phenoxy) is 5. The highest BCUT2D eigenvalue weighted by Gasteiger charge is 2.37. The second kappa shape index (κ2) is 9.39. The number of benzene rings is 2. The zero-order chi connectivity index (χ0) is 21.7. The molecule has 3 rings (SSSR count). The maximum Gasteiger partial charge on any atom is 0.311 e. The van der Waals surface area contributed by atoms with E-state index in [1.54, 1.807) is 25.3 Å². The van der Waals surface area contributed by atoms with Crippen LogP contribution in [-0.4, -0.2) is 46.9 Å². The average Bonchev–Trinajstić information content (AvgIpc) is 3.18. The van der Waals surface area contributed by atoms with Gasteiger partial charge in [-0.1, -0.05) is 12.1 Å². The largest absolute Gasteiger partial charge is 0.497 e. The maximum absolute atomic E-state index is 12.6. The summed E-state index contributed by atoms with van der Waals surface area (Å²) in [5, 5.41) is 0. The Labute approximate surface area is 175 Å². The molecule has 8 heteroatoms. The molecule has 30 heavy (non-hydrogen) atoms. The van der Waals surface area contributed by atoms with E-state index in [-0.39, 0.29) is 25.5 Å². The third-order valence-corrected chi connectivity index (χ3v) is 4.93. The lowest BCUT2D eigenvalue weighted by Crippen LogP contribution is -2.26. The Kier molecular flexibility index (Phi) is 6.66. The molecule has 1 unspecified atom stereocenters. The quantitative estimate of drug-likeness (QED) is 0.613. The van der Waals surface area contributed by atoms with Gasteiger partial charge in [-0.15, -0.1) is 0 Å². The number of carbonyl (C=O) groups is 2. The van der Waals surface area contributed by atoms with Gasteiger partial charge < -0.3 is 28.6 Å². The number of anilines is 1. The summed E-state index contributed by atoms with van der Waals surface area (Å²) < 4.78 is 26.6. The zero-order valence-electron chi connectivity index (χ0n) is 17.5. The van der Waals surface area contributed by atoms with Crippen LogP contribution < -0.4 is 23.8 Å². The Balaban J connectivity index is 1.70. The molecule has 1 saturated heterocycles. The van der Waals surface area contributed by atoms with Gasteiger partial charge >= 0.3 is 5.97 Å². The summed E-state index contributed by atoms with van der Waals surface area (Å²) in [6.07, 6.45) is 0.0770. The number of hydrogen-bond donors (Lipinski definition) is 0. The van der Waals surface area contributed by atoms with Crippen molar-refractivity contribution in [1.29, 1.82) is 0 Å². The summed E-state index contributed by atoms with van der Waals surface area (Å²) >= 11 is 0. The molecule has 1 aliphatic heterocycles. The molecule has 1 heterocycles. The van der Waals surface area contributed by atoms with E-state index < -0.39 is 11.9 Å². The molecule has 0 N–H and O–H groups in total. The minimum absolute atomic E-state index is 0.0770. The number of esters is 1. The van der Waals surface area contributed by atoms with Crippen LogP contribution in [0.1, 0.15) is 12.0 Å². The van der Waals surface area contributed by atoms with Crippen molar-refractivity contribution < 1.29 is 33.3 Å². The summed E-state index contributed by atoms with van der Waals surface area (Å²) in [5.41, 5.74) is 1.38. The smallest absolute Gasteiger partial charge is 0.311 e. The fraction of sp³-hybridized carbons (Fsp3) is 0.364. The van der Waals surface area contributed by atoms with E-state index in [9.17, 15) is 9.59 Å². The Morgan fingerprint density at radius 1 is 1.00 bits per heavy atom. The van der Waals surface area contributed by atoms with E-state index in [0.717, 1.165) is 5.56 Å². The molecule has 2 aromatic rings. The second-order valence-corrected chi connectivity index (χ2v) is 6.75. The summed E-state index contributed by atoms with van der Waals surface area (Å²) in [4.78, 5) is 26.7. The number of hydrogen-bond acceptors (Lipinski definition) is 7. The predicted molar refractivity (Wildman–Crippen MR) is 109 cm³/mol. The van der Waals surface area contributed by atoms with Crippen molar-refractivity contribution in [3.8, 4) is 23.0 Å². The van der Waals surface area contributed by atoms with E-state index in [1.165, 1.54) is 26.2 Å². The third kappa shape index (κ3) is 4.42. The molecule has 0 spiro atoms. The van der Waals surface area contributed by atoms with Crippen molar-refractivity contribution in [2.45, 2.75) is 13.0 Å². The molecule has 0 radical (unpaired) electrons. The molecule has 0 aliphatic carbocycles. The summed E-state index contributed by atoms with van der Waals surface area (Å²) in [7, 11) is 6.10. The van der Waals surface area contributed by atoms with Gasteiger partial charge in [0, 0.05) is 25.1 Å². The van der Waals surface area contributed by atoms with Crippen molar-refractivity contribution in [3.05, 3.63) is 42.0 Å². The van der Waals surface area contributed by atoms with Crippen LogP contribution in [0.5, 0.6) is 23.0 Å². The van der Waals surface area contributed by atoms with Gasteiger partial charge in [-0.25, -0.2) is 0 Å². The number of methoxy groups -OCH3 is 4. The number of amides is 1. The highest BCUT2D eigenvalue weighted by Crippen LogP contribution is 2.42. The first kappa shape index (κ1) is 21.3. The van der Waals surface area contributed by atoms with Gasteiger partial charge in [0.15, 0.2) is 11.5 Å². The maximum atomic E-state index is 12.6. The lowest BCUT2D eigenvalue weighted by atomic mass is 10.1. The topological polar surface area (TPSA) is 83.5 Å². The van der Waals surface area contributed by atoms with Gasteiger partial charge in [-0.05, 0) is 17.7 Å². The Bertz CT molecular complexity index is 902. The Hall–Kier alpha value is -3.42. The van der Waals surface area contributed by atoms with Gasteiger partial charge in [0.1, 0.15) is 12.4 Å². The fourth-order valence-corrected chi connectivity index (χ4v) is 3.37. The molecular formula is C22H25NO7. The molecule has 0 saturated carbocycles. The molecule has 160 valence electrons. The van der Waals surface area contributed by atoms with Crippen LogP contribution in [0.3, 0.4) is 0 Å². The standard InChI is InChI=1S/C22H25NO7/c1-26-17-7-5-6-14(8-17)13-30-22(25)15-9-20(24)23(12-15)16-10-18(27-2)21(29-4)19(11-16)28-3/h5-8,10-11,15H,9,12-13H2,1-4H3. The van der Waals surface area contributed by atoms with Crippen molar-refractivity contribution in [2.75, 3.05) is 39.9 Å². The highest BCUT2D eigenvalue weighted by atomic mass is 16.5. The van der Waals surface area contributed by atoms with E-state index >= 15 is 0 Å². The second-order valence-electron chi connectivity index (χ2n) is 6.75. The van der Waals surface area contributed by atoms with Gasteiger partial charge in [0.05, 0.1) is 40.0 Å². The SMILES string of the molecule is COc1cccc(COC(=O)C2CC(=O)N(c3cc(OC)c(OC)c(OC)c3)C2)c1. The van der Waals surface area contributed by atoms with Crippen LogP contribution >= 0.6 is 0 Å². The normalized spacial score (nSPS) is 15.7. The van der Waals surface area contributed by atoms with Crippen LogP contribution in [0.4, 0.5) is 5.69 Å². The zero-order valence-corrected chi connectivity index (χ0v) is 17.5. The van der Waals surface area contributed by atoms with Crippen LogP contribution in [-0.2, 0) is 20.9 Å². The lowest BCUT2D eigenvalue weighted by Gasteiger charge is -2.20. The van der Waals surface area contributed by atoms with Crippen molar-refractivity contribution in [1.82, 2.24) is 0 Å². The molecule has 2 aromatic carbocycles. The molecule has 1 amide bonds. The first-order valence-electron chi connectivity index (χ1n) is 9.40. The van der Waals surface area contributed by atoms with Gasteiger partial charge in [-0.2, -0.15) is 0 Å². The molecule has 8 nitrogen and oxygen atoms in total. The molecule has 0 aromatic heterocycles. The average molecular weight is 415 g/mol. The Morgan fingerprint density at radius 2 is 1.70 bits per heavy atom. The van der Waals surface area contributed by atoms with Crippen molar-refractivity contribution in [3.63, 3.8) is 0 Å². The molecule has 1 fully saturated rings. The lowest BCUT2D eigenvalue weighted by molar-refractivity contribution is -0.149. The van der Waals surface area contributed by atoms with Crippen LogP contribution in [0.2, 0.25) is 0 Å². The number of carbonyl (C=O) groups excluding carboxylic acids is 2. The van der Waals surface area contributed by atoms with Gasteiger partial charge in [0.2, 0.25) is 11.7 Å². The molecule has 1 aliphatic rings. The van der Waals surface area contributed by atoms with E-state index in [4.69, 9.17) is 23.7 Å². The van der Waals surface area contributed by atoms with Crippen LogP contribution in [0.25, 0.3) is 0 Å². The minimum atomic E-state index is -0.554. The number of rotatable bonds is 8. The first-order valence-corrected chi connectivity index (χ1v) is 9.40. The number of nitrogens with zero attached hydrogens (tertiary/aromatic N) is 1. The van der Waals surface area contributed by atoms with E-state index in [0.29, 0.717) is 28.7 Å². The third-order valence-electron chi connectivity index (χ3n) is 4.93. The highest BCUT2D eigenvalue weighted by molar-refractivity contribution is 6.00. The van der Waals surface area contributed by atoms with Crippen molar-refractivity contribution >= 4 is 17.6 Å². The first-order chi connectivity index (χ1) is 14.5. The molecular weight excluding hydrogens is 390 g/mol. The summed E-state index contributed by atoms with van der Waals surface area (Å²) in [6.45, 7) is 0.333. The van der Waals surface area contributed by atoms with Gasteiger partial charge in [0.25, 0.3) is 0 Å². The van der Waals surface area contributed by atoms with E-state index in [2.05, 4.69) is 0 Å². The minimum Gasteiger partial charge on any atom is -0.497 e. The van der Waals surface area contributed by atoms with Gasteiger partial charge in [-0.3, -0.25) is 9.59 Å². The monoisotopic (exact) mass is 415 g/mol. The Morgan fingerprint density at radius 3 is 2.30 bits per heavy atom. The van der Waals surface area contributed by atoms with Crippen LogP contribution in [0, 0.1) is 5.92 Å². The van der Waals surface area contributed by atoms with Crippen molar-refractivity contribution in [2.24, 2.45) is 5.92 Å². The fourth-order valence-electron chi connectivity index (χ4n) is 3.37. The van der Waals surface area contributed by atoms with E-state index in [1.807, 2.05) is 18.2 Å². The summed E-state index contributed by atoms with van der Waals surface area (Å²) in [5.74, 6) is 0.848.